The Labute approximate surface area is 107 Å². The highest BCUT2D eigenvalue weighted by atomic mass is 32.2. The summed E-state index contributed by atoms with van der Waals surface area (Å²) in [7, 11) is 0. The number of nitrogens with two attached hydrogens (primary N) is 1. The lowest BCUT2D eigenvalue weighted by molar-refractivity contribution is -0.119. The number of amides is 1. The Kier molecular flexibility index (Phi) is 5.91. The molecule has 0 saturated heterocycles. The van der Waals surface area contributed by atoms with Gasteiger partial charge in [0, 0.05) is 16.6 Å². The van der Waals surface area contributed by atoms with E-state index in [2.05, 4.69) is 12.2 Å². The zero-order valence-electron chi connectivity index (χ0n) is 10.4. The normalized spacial score (nSPS) is 12.1. The van der Waals surface area contributed by atoms with Crippen molar-refractivity contribution in [3.63, 3.8) is 0 Å². The molecule has 0 radical (unpaired) electrons. The van der Waals surface area contributed by atoms with E-state index in [1.807, 2.05) is 31.2 Å². The second-order valence-electron chi connectivity index (χ2n) is 4.08. The monoisotopic (exact) mass is 252 g/mol. The summed E-state index contributed by atoms with van der Waals surface area (Å²) in [5.41, 5.74) is 6.53. The number of rotatable bonds is 6. The number of anilines is 1. The standard InChI is InChI=1S/C13H20N2OS/c1-3-6-10(2)15-13(16)9-17-12-8-5-4-7-11(12)14/h4-5,7-8,10H,3,6,9,14H2,1-2H3,(H,15,16). The van der Waals surface area contributed by atoms with Crippen molar-refractivity contribution >= 4 is 23.4 Å². The molecule has 0 spiro atoms. The summed E-state index contributed by atoms with van der Waals surface area (Å²) in [5, 5.41) is 2.97. The number of para-hydroxylation sites is 1. The van der Waals surface area contributed by atoms with E-state index in [4.69, 9.17) is 5.73 Å². The highest BCUT2D eigenvalue weighted by Gasteiger charge is 2.07. The molecule has 0 saturated carbocycles. The maximum atomic E-state index is 11.6. The molecule has 0 aliphatic heterocycles. The predicted molar refractivity (Wildman–Crippen MR) is 74.1 cm³/mol. The Morgan fingerprint density at radius 1 is 1.47 bits per heavy atom. The molecular weight excluding hydrogens is 232 g/mol. The van der Waals surface area contributed by atoms with Crippen LogP contribution in [0.3, 0.4) is 0 Å². The van der Waals surface area contributed by atoms with E-state index in [0.717, 1.165) is 23.4 Å². The molecule has 0 fully saturated rings. The lowest BCUT2D eigenvalue weighted by atomic mass is 10.2. The van der Waals surface area contributed by atoms with Crippen molar-refractivity contribution in [2.24, 2.45) is 0 Å². The molecule has 1 atom stereocenters. The smallest absolute Gasteiger partial charge is 0.230 e. The number of nitrogens with one attached hydrogen (secondary N) is 1. The van der Waals surface area contributed by atoms with Crippen LogP contribution >= 0.6 is 11.8 Å². The molecule has 3 N–H and O–H groups in total. The van der Waals surface area contributed by atoms with Crippen LogP contribution in [0.25, 0.3) is 0 Å². The van der Waals surface area contributed by atoms with Gasteiger partial charge in [-0.15, -0.1) is 11.8 Å². The molecular formula is C13H20N2OS. The number of nitrogen functional groups attached to an aromatic ring is 1. The molecule has 94 valence electrons. The zero-order valence-corrected chi connectivity index (χ0v) is 11.2. The van der Waals surface area contributed by atoms with Crippen molar-refractivity contribution in [2.45, 2.75) is 37.6 Å². The fourth-order valence-electron chi connectivity index (χ4n) is 1.58. The van der Waals surface area contributed by atoms with E-state index in [1.165, 1.54) is 11.8 Å². The molecule has 0 heterocycles. The van der Waals surface area contributed by atoms with Crippen LogP contribution in [0, 0.1) is 0 Å². The van der Waals surface area contributed by atoms with Crippen LogP contribution in [0.4, 0.5) is 5.69 Å². The van der Waals surface area contributed by atoms with E-state index in [9.17, 15) is 4.79 Å². The maximum Gasteiger partial charge on any atom is 0.230 e. The van der Waals surface area contributed by atoms with Crippen LogP contribution in [0.1, 0.15) is 26.7 Å². The van der Waals surface area contributed by atoms with Crippen molar-refractivity contribution in [1.82, 2.24) is 5.32 Å². The predicted octanol–water partition coefficient (Wildman–Crippen LogP) is 2.67. The van der Waals surface area contributed by atoms with E-state index in [-0.39, 0.29) is 11.9 Å². The van der Waals surface area contributed by atoms with Crippen molar-refractivity contribution in [1.29, 1.82) is 0 Å². The van der Waals surface area contributed by atoms with Gasteiger partial charge < -0.3 is 11.1 Å². The molecule has 1 unspecified atom stereocenters. The summed E-state index contributed by atoms with van der Waals surface area (Å²) in [4.78, 5) is 12.6. The van der Waals surface area contributed by atoms with Crippen molar-refractivity contribution < 1.29 is 4.79 Å². The molecule has 0 aliphatic rings. The first-order valence-corrected chi connectivity index (χ1v) is 6.88. The number of hydrogen-bond acceptors (Lipinski definition) is 3. The summed E-state index contributed by atoms with van der Waals surface area (Å²) in [6.07, 6.45) is 2.10. The Morgan fingerprint density at radius 2 is 2.18 bits per heavy atom. The van der Waals surface area contributed by atoms with Gasteiger partial charge in [0.25, 0.3) is 0 Å². The SMILES string of the molecule is CCCC(C)NC(=O)CSc1ccccc1N. The van der Waals surface area contributed by atoms with Gasteiger partial charge in [-0.05, 0) is 25.5 Å². The average molecular weight is 252 g/mol. The van der Waals surface area contributed by atoms with Gasteiger partial charge in [0.2, 0.25) is 5.91 Å². The Balaban J connectivity index is 2.36. The minimum atomic E-state index is 0.0687. The Hall–Kier alpha value is -1.16. The summed E-state index contributed by atoms with van der Waals surface area (Å²) in [6, 6.07) is 7.85. The third-order valence-electron chi connectivity index (χ3n) is 2.41. The van der Waals surface area contributed by atoms with Gasteiger partial charge in [-0.1, -0.05) is 25.5 Å². The topological polar surface area (TPSA) is 55.1 Å². The summed E-state index contributed by atoms with van der Waals surface area (Å²) < 4.78 is 0. The fraction of sp³-hybridized carbons (Fsp3) is 0.462. The number of carbonyl (C=O) groups excluding carboxylic acids is 1. The number of hydrogen-bond donors (Lipinski definition) is 2. The van der Waals surface area contributed by atoms with Crippen molar-refractivity contribution in [3.8, 4) is 0 Å². The van der Waals surface area contributed by atoms with Crippen LogP contribution in [0.2, 0.25) is 0 Å². The van der Waals surface area contributed by atoms with Crippen LogP contribution in [0.15, 0.2) is 29.2 Å². The lowest BCUT2D eigenvalue weighted by Crippen LogP contribution is -2.33. The minimum Gasteiger partial charge on any atom is -0.398 e. The number of carbonyl (C=O) groups is 1. The third-order valence-corrected chi connectivity index (χ3v) is 3.50. The minimum absolute atomic E-state index is 0.0687. The molecule has 3 nitrogen and oxygen atoms in total. The first kappa shape index (κ1) is 13.9. The van der Waals surface area contributed by atoms with Gasteiger partial charge in [-0.2, -0.15) is 0 Å². The maximum absolute atomic E-state index is 11.6. The molecule has 0 aliphatic carbocycles. The third kappa shape index (κ3) is 5.13. The van der Waals surface area contributed by atoms with Crippen molar-refractivity contribution in [2.75, 3.05) is 11.5 Å². The summed E-state index contributed by atoms with van der Waals surface area (Å²) >= 11 is 1.48. The van der Waals surface area contributed by atoms with E-state index >= 15 is 0 Å². The van der Waals surface area contributed by atoms with Gasteiger partial charge in [0.15, 0.2) is 0 Å². The van der Waals surface area contributed by atoms with E-state index in [0.29, 0.717) is 5.75 Å². The van der Waals surface area contributed by atoms with Gasteiger partial charge >= 0.3 is 0 Å². The quantitative estimate of drug-likeness (QED) is 0.604. The van der Waals surface area contributed by atoms with E-state index < -0.39 is 0 Å². The number of benzene rings is 1. The Bertz CT molecular complexity index is 368. The van der Waals surface area contributed by atoms with Crippen LogP contribution in [-0.4, -0.2) is 17.7 Å². The average Bonchev–Trinajstić information content (AvgIpc) is 2.28. The van der Waals surface area contributed by atoms with E-state index in [1.54, 1.807) is 0 Å². The first-order valence-electron chi connectivity index (χ1n) is 5.90. The second kappa shape index (κ2) is 7.22. The fourth-order valence-corrected chi connectivity index (χ4v) is 2.36. The van der Waals surface area contributed by atoms with Gasteiger partial charge in [0.05, 0.1) is 5.75 Å². The second-order valence-corrected chi connectivity index (χ2v) is 5.10. The van der Waals surface area contributed by atoms with Gasteiger partial charge in [-0.3, -0.25) is 4.79 Å². The first-order chi connectivity index (χ1) is 8.13. The largest absolute Gasteiger partial charge is 0.398 e. The van der Waals surface area contributed by atoms with Crippen molar-refractivity contribution in [3.05, 3.63) is 24.3 Å². The molecule has 1 aromatic carbocycles. The number of thioether (sulfide) groups is 1. The molecule has 0 aromatic heterocycles. The van der Waals surface area contributed by atoms with Crippen LogP contribution in [-0.2, 0) is 4.79 Å². The summed E-state index contributed by atoms with van der Waals surface area (Å²) in [5.74, 6) is 0.488. The molecule has 4 heteroatoms. The van der Waals surface area contributed by atoms with Gasteiger partial charge in [0.1, 0.15) is 0 Å². The summed E-state index contributed by atoms with van der Waals surface area (Å²) in [6.45, 7) is 4.14. The van der Waals surface area contributed by atoms with Crippen LogP contribution in [0.5, 0.6) is 0 Å². The molecule has 17 heavy (non-hydrogen) atoms. The highest BCUT2D eigenvalue weighted by Crippen LogP contribution is 2.23. The zero-order chi connectivity index (χ0) is 12.7. The molecule has 1 aromatic rings. The molecule has 0 bridgehead atoms. The molecule has 1 rings (SSSR count). The molecule has 1 amide bonds. The lowest BCUT2D eigenvalue weighted by Gasteiger charge is -2.12. The van der Waals surface area contributed by atoms with Crippen LogP contribution < -0.4 is 11.1 Å². The highest BCUT2D eigenvalue weighted by molar-refractivity contribution is 8.00. The van der Waals surface area contributed by atoms with Gasteiger partial charge in [-0.25, -0.2) is 0 Å². The Morgan fingerprint density at radius 3 is 2.82 bits per heavy atom.